The zero-order valence-electron chi connectivity index (χ0n) is 16.5. The van der Waals surface area contributed by atoms with Crippen molar-refractivity contribution in [1.29, 1.82) is 0 Å². The van der Waals surface area contributed by atoms with Crippen LogP contribution in [0.5, 0.6) is 5.75 Å². The summed E-state index contributed by atoms with van der Waals surface area (Å²) in [4.78, 5) is 8.33. The molecule has 0 saturated carbocycles. The number of benzene rings is 1. The van der Waals surface area contributed by atoms with E-state index in [2.05, 4.69) is 24.9 Å². The number of alkyl halides is 6. The van der Waals surface area contributed by atoms with Gasteiger partial charge in [-0.15, -0.1) is 13.2 Å². The molecule has 4 aromatic rings. The standard InChI is InChI=1S/C20H14F6N6O/c21-19(22,23)18-17(29-31-30-18)13-5-7-27-14(9-13)15-10-32(11-28-15)8-6-12-3-1-2-4-16(12)33-20(24,25)26/h1-5,7,9-11H,6,8H2,(H,29,30,31). The van der Waals surface area contributed by atoms with Crippen molar-refractivity contribution >= 4 is 0 Å². The van der Waals surface area contributed by atoms with E-state index >= 15 is 0 Å². The second-order valence-electron chi connectivity index (χ2n) is 6.85. The highest BCUT2D eigenvalue weighted by atomic mass is 19.4. The number of pyridine rings is 1. The van der Waals surface area contributed by atoms with Crippen molar-refractivity contribution < 1.29 is 31.1 Å². The summed E-state index contributed by atoms with van der Waals surface area (Å²) in [5.74, 6) is -0.284. The number of hydrogen-bond donors (Lipinski definition) is 1. The van der Waals surface area contributed by atoms with Crippen LogP contribution in [0.25, 0.3) is 22.6 Å². The van der Waals surface area contributed by atoms with Crippen LogP contribution in [0.2, 0.25) is 0 Å². The van der Waals surface area contributed by atoms with E-state index < -0.39 is 18.2 Å². The number of imidazole rings is 1. The van der Waals surface area contributed by atoms with Gasteiger partial charge in [-0.05, 0) is 30.2 Å². The van der Waals surface area contributed by atoms with Crippen molar-refractivity contribution in [2.75, 3.05) is 0 Å². The Balaban J connectivity index is 1.52. The fourth-order valence-electron chi connectivity index (χ4n) is 3.15. The number of ether oxygens (including phenoxy) is 1. The number of halogens is 6. The molecule has 0 unspecified atom stereocenters. The summed E-state index contributed by atoms with van der Waals surface area (Å²) >= 11 is 0. The molecule has 0 atom stereocenters. The van der Waals surface area contributed by atoms with E-state index in [1.807, 2.05) is 5.21 Å². The van der Waals surface area contributed by atoms with Crippen LogP contribution in [0.4, 0.5) is 26.3 Å². The van der Waals surface area contributed by atoms with Crippen molar-refractivity contribution in [3.8, 4) is 28.4 Å². The second kappa shape index (κ2) is 8.56. The van der Waals surface area contributed by atoms with Crippen molar-refractivity contribution in [2.24, 2.45) is 0 Å². The summed E-state index contributed by atoms with van der Waals surface area (Å²) in [7, 11) is 0. The van der Waals surface area contributed by atoms with Gasteiger partial charge in [-0.3, -0.25) is 4.98 Å². The molecular weight excluding hydrogens is 454 g/mol. The second-order valence-corrected chi connectivity index (χ2v) is 6.85. The Hall–Kier alpha value is -3.90. The van der Waals surface area contributed by atoms with Crippen LogP contribution in [0.1, 0.15) is 11.3 Å². The summed E-state index contributed by atoms with van der Waals surface area (Å²) in [6.45, 7) is 0.284. The summed E-state index contributed by atoms with van der Waals surface area (Å²) in [5.41, 5.74) is -0.349. The third-order valence-electron chi connectivity index (χ3n) is 4.58. The van der Waals surface area contributed by atoms with Gasteiger partial charge in [0.2, 0.25) is 0 Å². The van der Waals surface area contributed by atoms with Crippen LogP contribution in [-0.4, -0.2) is 36.3 Å². The molecule has 0 aliphatic carbocycles. The van der Waals surface area contributed by atoms with E-state index in [1.165, 1.54) is 42.9 Å². The lowest BCUT2D eigenvalue weighted by Crippen LogP contribution is -2.18. The first-order valence-corrected chi connectivity index (χ1v) is 9.40. The molecule has 1 aromatic carbocycles. The third kappa shape index (κ3) is 5.30. The molecule has 0 fully saturated rings. The first-order chi connectivity index (χ1) is 15.6. The molecule has 13 heteroatoms. The predicted molar refractivity (Wildman–Crippen MR) is 103 cm³/mol. The van der Waals surface area contributed by atoms with Gasteiger partial charge in [-0.25, -0.2) is 4.98 Å². The molecular formula is C20H14F6N6O. The zero-order valence-corrected chi connectivity index (χ0v) is 16.5. The molecule has 0 aliphatic rings. The lowest BCUT2D eigenvalue weighted by molar-refractivity contribution is -0.274. The molecule has 0 bridgehead atoms. The van der Waals surface area contributed by atoms with Crippen LogP contribution in [-0.2, 0) is 19.1 Å². The van der Waals surface area contributed by atoms with Gasteiger partial charge < -0.3 is 9.30 Å². The van der Waals surface area contributed by atoms with Gasteiger partial charge in [0.05, 0.1) is 12.0 Å². The molecule has 0 radical (unpaired) electrons. The number of H-pyrrole nitrogens is 1. The molecule has 0 amide bonds. The van der Waals surface area contributed by atoms with Crippen LogP contribution >= 0.6 is 0 Å². The highest BCUT2D eigenvalue weighted by Crippen LogP contribution is 2.34. The largest absolute Gasteiger partial charge is 0.573 e. The zero-order chi connectivity index (χ0) is 23.6. The molecule has 33 heavy (non-hydrogen) atoms. The van der Waals surface area contributed by atoms with Crippen LogP contribution in [0, 0.1) is 0 Å². The molecule has 0 saturated heterocycles. The fraction of sp³-hybridized carbons (Fsp3) is 0.200. The molecule has 3 aromatic heterocycles. The highest BCUT2D eigenvalue weighted by Gasteiger charge is 2.38. The Labute approximate surface area is 182 Å². The van der Waals surface area contributed by atoms with E-state index in [9.17, 15) is 26.3 Å². The maximum atomic E-state index is 13.1. The number of para-hydroxylation sites is 1. The summed E-state index contributed by atoms with van der Waals surface area (Å²) in [5, 5.41) is 8.74. The van der Waals surface area contributed by atoms with Crippen molar-refractivity contribution in [1.82, 2.24) is 29.9 Å². The van der Waals surface area contributed by atoms with Crippen molar-refractivity contribution in [3.05, 3.63) is 66.4 Å². The average Bonchev–Trinajstić information content (AvgIpc) is 3.42. The number of aryl methyl sites for hydroxylation is 2. The Morgan fingerprint density at radius 3 is 2.48 bits per heavy atom. The van der Waals surface area contributed by atoms with Gasteiger partial charge in [0.25, 0.3) is 0 Å². The minimum Gasteiger partial charge on any atom is -0.406 e. The summed E-state index contributed by atoms with van der Waals surface area (Å²) < 4.78 is 82.8. The third-order valence-corrected chi connectivity index (χ3v) is 4.58. The number of rotatable bonds is 6. The van der Waals surface area contributed by atoms with Gasteiger partial charge in [-0.2, -0.15) is 28.6 Å². The topological polar surface area (TPSA) is 81.5 Å². The first kappa shape index (κ1) is 22.3. The minimum absolute atomic E-state index is 0.147. The number of aromatic nitrogens is 6. The molecule has 3 heterocycles. The van der Waals surface area contributed by atoms with Crippen LogP contribution < -0.4 is 4.74 Å². The summed E-state index contributed by atoms with van der Waals surface area (Å²) in [6.07, 6.45) is -4.89. The summed E-state index contributed by atoms with van der Waals surface area (Å²) in [6, 6.07) is 8.57. The quantitative estimate of drug-likeness (QED) is 0.408. The molecule has 7 nitrogen and oxygen atoms in total. The van der Waals surface area contributed by atoms with E-state index in [0.717, 1.165) is 0 Å². The molecule has 0 spiro atoms. The molecule has 1 N–H and O–H groups in total. The van der Waals surface area contributed by atoms with Gasteiger partial charge in [0.15, 0.2) is 5.69 Å². The van der Waals surface area contributed by atoms with Gasteiger partial charge in [0.1, 0.15) is 17.1 Å². The number of aromatic amines is 1. The SMILES string of the molecule is FC(F)(F)Oc1ccccc1CCn1cnc(-c2cc(-c3n[nH]nc3C(F)(F)F)ccn2)c1. The highest BCUT2D eigenvalue weighted by molar-refractivity contribution is 5.67. The minimum atomic E-state index is -4.80. The van der Waals surface area contributed by atoms with Gasteiger partial charge in [0, 0.05) is 24.5 Å². The fourth-order valence-corrected chi connectivity index (χ4v) is 3.15. The lowest BCUT2D eigenvalue weighted by atomic mass is 10.1. The Morgan fingerprint density at radius 2 is 1.73 bits per heavy atom. The van der Waals surface area contributed by atoms with Gasteiger partial charge in [-0.1, -0.05) is 18.2 Å². The maximum absolute atomic E-state index is 13.1. The van der Waals surface area contributed by atoms with Crippen LogP contribution in [0.3, 0.4) is 0 Å². The Bertz CT molecular complexity index is 1250. The monoisotopic (exact) mass is 468 g/mol. The van der Waals surface area contributed by atoms with Crippen molar-refractivity contribution in [3.63, 3.8) is 0 Å². The van der Waals surface area contributed by atoms with Gasteiger partial charge >= 0.3 is 12.5 Å². The molecule has 4 rings (SSSR count). The lowest BCUT2D eigenvalue weighted by Gasteiger charge is -2.13. The van der Waals surface area contributed by atoms with E-state index in [-0.39, 0.29) is 30.0 Å². The Kier molecular flexibility index (Phi) is 5.78. The van der Waals surface area contributed by atoms with Crippen molar-refractivity contribution in [2.45, 2.75) is 25.5 Å². The molecule has 172 valence electrons. The van der Waals surface area contributed by atoms with E-state index in [0.29, 0.717) is 17.0 Å². The number of nitrogens with one attached hydrogen (secondary N) is 1. The Morgan fingerprint density at radius 1 is 0.939 bits per heavy atom. The average molecular weight is 468 g/mol. The van der Waals surface area contributed by atoms with E-state index in [4.69, 9.17) is 0 Å². The first-order valence-electron chi connectivity index (χ1n) is 9.40. The molecule has 0 aliphatic heterocycles. The van der Waals surface area contributed by atoms with E-state index in [1.54, 1.807) is 16.8 Å². The number of nitrogens with zero attached hydrogens (tertiary/aromatic N) is 5. The smallest absolute Gasteiger partial charge is 0.406 e. The maximum Gasteiger partial charge on any atom is 0.573 e. The normalized spacial score (nSPS) is 12.2. The van der Waals surface area contributed by atoms with Crippen LogP contribution in [0.15, 0.2) is 55.1 Å². The predicted octanol–water partition coefficient (Wildman–Crippen LogP) is 4.89. The number of hydrogen-bond acceptors (Lipinski definition) is 5.